The van der Waals surface area contributed by atoms with Crippen molar-refractivity contribution in [1.82, 2.24) is 10.2 Å². The average Bonchev–Trinajstić information content (AvgIpc) is 2.94. The summed E-state index contributed by atoms with van der Waals surface area (Å²) >= 11 is 1.84. The number of hydrogen-bond donors (Lipinski definition) is 1. The van der Waals surface area contributed by atoms with Crippen LogP contribution in [0.2, 0.25) is 0 Å². The number of rotatable bonds is 1. The first kappa shape index (κ1) is 12.8. The minimum absolute atomic E-state index is 0.275. The highest BCUT2D eigenvalue weighted by Crippen LogP contribution is 2.59. The van der Waals surface area contributed by atoms with Crippen molar-refractivity contribution >= 4 is 17.2 Å². The van der Waals surface area contributed by atoms with Crippen molar-refractivity contribution in [2.75, 3.05) is 19.6 Å². The normalized spacial score (nSPS) is 31.1. The van der Waals surface area contributed by atoms with Crippen molar-refractivity contribution in [2.45, 2.75) is 38.6 Å². The maximum atomic E-state index is 12.9. The van der Waals surface area contributed by atoms with Crippen LogP contribution in [0.25, 0.3) is 0 Å². The number of amides is 1. The minimum Gasteiger partial charge on any atom is -0.335 e. The fourth-order valence-electron chi connectivity index (χ4n) is 4.18. The van der Waals surface area contributed by atoms with Gasteiger partial charge >= 0.3 is 0 Å². The van der Waals surface area contributed by atoms with Crippen LogP contribution < -0.4 is 5.32 Å². The lowest BCUT2D eigenvalue weighted by Crippen LogP contribution is -2.41. The maximum Gasteiger partial charge on any atom is 0.226 e. The Kier molecular flexibility index (Phi) is 2.93. The highest BCUT2D eigenvalue weighted by atomic mass is 32.1. The van der Waals surface area contributed by atoms with Crippen LogP contribution in [0.3, 0.4) is 0 Å². The standard InChI is InChI=1S/C16H22N2OS/c1-11-12-3-9-20-14(12)2-8-18(11)15(19)13-10-16(13)4-6-17-7-5-16/h3,9,11,13,17H,2,4-8,10H2,1H3. The molecule has 0 radical (unpaired) electrons. The van der Waals surface area contributed by atoms with Crippen molar-refractivity contribution < 1.29 is 4.79 Å². The number of nitrogens with zero attached hydrogens (tertiary/aromatic N) is 1. The van der Waals surface area contributed by atoms with Gasteiger partial charge in [0.05, 0.1) is 6.04 Å². The number of thiophene rings is 1. The average molecular weight is 290 g/mol. The van der Waals surface area contributed by atoms with Crippen LogP contribution in [-0.2, 0) is 11.2 Å². The summed E-state index contributed by atoms with van der Waals surface area (Å²) in [6.07, 6.45) is 4.56. The van der Waals surface area contributed by atoms with Crippen molar-refractivity contribution in [3.05, 3.63) is 21.9 Å². The summed E-state index contributed by atoms with van der Waals surface area (Å²) in [5.74, 6) is 0.739. The second-order valence-electron chi connectivity index (χ2n) is 6.63. The molecule has 0 bridgehead atoms. The quantitative estimate of drug-likeness (QED) is 0.862. The molecule has 1 spiro atoms. The molecule has 1 aromatic heterocycles. The first-order valence-electron chi connectivity index (χ1n) is 7.79. The van der Waals surface area contributed by atoms with Gasteiger partial charge in [0.2, 0.25) is 5.91 Å². The zero-order chi connectivity index (χ0) is 13.7. The monoisotopic (exact) mass is 290 g/mol. The fourth-order valence-corrected chi connectivity index (χ4v) is 5.15. The van der Waals surface area contributed by atoms with Crippen LogP contribution in [0, 0.1) is 11.3 Å². The summed E-state index contributed by atoms with van der Waals surface area (Å²) in [5.41, 5.74) is 1.74. The third kappa shape index (κ3) is 1.85. The molecule has 2 fully saturated rings. The van der Waals surface area contributed by atoms with Gasteiger partial charge in [-0.3, -0.25) is 4.79 Å². The Morgan fingerprint density at radius 1 is 1.45 bits per heavy atom. The Balaban J connectivity index is 1.50. The Labute approximate surface area is 124 Å². The number of nitrogens with one attached hydrogen (secondary N) is 1. The number of carbonyl (C=O) groups excluding carboxylic acids is 1. The molecule has 1 saturated carbocycles. The van der Waals surface area contributed by atoms with Crippen LogP contribution in [0.1, 0.15) is 42.7 Å². The van der Waals surface area contributed by atoms with E-state index in [0.717, 1.165) is 32.5 Å². The van der Waals surface area contributed by atoms with E-state index >= 15 is 0 Å². The van der Waals surface area contributed by atoms with Crippen molar-refractivity contribution in [3.63, 3.8) is 0 Å². The lowest BCUT2D eigenvalue weighted by Gasteiger charge is -2.35. The Hall–Kier alpha value is -0.870. The van der Waals surface area contributed by atoms with Gasteiger partial charge in [0, 0.05) is 17.3 Å². The smallest absolute Gasteiger partial charge is 0.226 e. The molecule has 20 heavy (non-hydrogen) atoms. The van der Waals surface area contributed by atoms with E-state index in [9.17, 15) is 4.79 Å². The maximum absolute atomic E-state index is 12.9. The van der Waals surface area contributed by atoms with E-state index in [1.165, 1.54) is 23.3 Å². The SMILES string of the molecule is CC1c2ccsc2CCN1C(=O)C1CC12CCNCC2. The van der Waals surface area contributed by atoms with Crippen molar-refractivity contribution in [2.24, 2.45) is 11.3 Å². The molecule has 4 rings (SSSR count). The third-order valence-electron chi connectivity index (χ3n) is 5.65. The molecule has 1 saturated heterocycles. The Bertz CT molecular complexity index is 532. The first-order valence-corrected chi connectivity index (χ1v) is 8.67. The van der Waals surface area contributed by atoms with Gasteiger partial charge in [0.15, 0.2) is 0 Å². The van der Waals surface area contributed by atoms with Gasteiger partial charge in [0.1, 0.15) is 0 Å². The topological polar surface area (TPSA) is 32.3 Å². The number of piperidine rings is 1. The first-order chi connectivity index (χ1) is 9.71. The minimum atomic E-state index is 0.275. The van der Waals surface area contributed by atoms with Crippen LogP contribution in [0.4, 0.5) is 0 Å². The highest BCUT2D eigenvalue weighted by Gasteiger charge is 2.59. The largest absolute Gasteiger partial charge is 0.335 e. The van der Waals surface area contributed by atoms with Gasteiger partial charge in [-0.1, -0.05) is 0 Å². The number of hydrogen-bond acceptors (Lipinski definition) is 3. The second kappa shape index (κ2) is 4.57. The molecule has 3 heterocycles. The van der Waals surface area contributed by atoms with Crippen LogP contribution in [0.15, 0.2) is 11.4 Å². The molecule has 0 aromatic carbocycles. The number of carbonyl (C=O) groups is 1. The summed E-state index contributed by atoms with van der Waals surface area (Å²) in [5, 5.41) is 5.58. The van der Waals surface area contributed by atoms with Gasteiger partial charge < -0.3 is 10.2 Å². The van der Waals surface area contributed by atoms with Gasteiger partial charge in [-0.25, -0.2) is 0 Å². The molecule has 3 aliphatic rings. The summed E-state index contributed by atoms with van der Waals surface area (Å²) in [6, 6.07) is 2.48. The molecular weight excluding hydrogens is 268 g/mol. The van der Waals surface area contributed by atoms with Gasteiger partial charge in [-0.05, 0) is 68.1 Å². The molecule has 2 aliphatic heterocycles. The van der Waals surface area contributed by atoms with Crippen LogP contribution in [-0.4, -0.2) is 30.4 Å². The van der Waals surface area contributed by atoms with Crippen LogP contribution in [0.5, 0.6) is 0 Å². The molecule has 1 aliphatic carbocycles. The van der Waals surface area contributed by atoms with E-state index in [1.54, 1.807) is 0 Å². The second-order valence-corrected chi connectivity index (χ2v) is 7.63. The van der Waals surface area contributed by atoms with E-state index in [4.69, 9.17) is 0 Å². The summed E-state index contributed by atoms with van der Waals surface area (Å²) in [6.45, 7) is 5.29. The molecule has 1 aromatic rings. The summed E-state index contributed by atoms with van der Waals surface area (Å²) < 4.78 is 0. The molecule has 1 amide bonds. The Morgan fingerprint density at radius 2 is 2.25 bits per heavy atom. The molecule has 4 heteroatoms. The van der Waals surface area contributed by atoms with Gasteiger partial charge in [0.25, 0.3) is 0 Å². The molecule has 3 nitrogen and oxygen atoms in total. The van der Waals surface area contributed by atoms with Gasteiger partial charge in [-0.2, -0.15) is 0 Å². The van der Waals surface area contributed by atoms with E-state index < -0.39 is 0 Å². The number of fused-ring (bicyclic) bond motifs is 1. The van der Waals surface area contributed by atoms with Crippen molar-refractivity contribution in [3.8, 4) is 0 Å². The zero-order valence-corrected chi connectivity index (χ0v) is 12.8. The predicted octanol–water partition coefficient (Wildman–Crippen LogP) is 2.58. The van der Waals surface area contributed by atoms with E-state index in [2.05, 4.69) is 28.6 Å². The lowest BCUT2D eigenvalue weighted by molar-refractivity contribution is -0.136. The lowest BCUT2D eigenvalue weighted by atomic mass is 9.91. The zero-order valence-electron chi connectivity index (χ0n) is 12.0. The molecule has 2 unspecified atom stereocenters. The fraction of sp³-hybridized carbons (Fsp3) is 0.688. The highest BCUT2D eigenvalue weighted by molar-refractivity contribution is 7.10. The van der Waals surface area contributed by atoms with E-state index in [1.807, 2.05) is 11.3 Å². The Morgan fingerprint density at radius 3 is 3.05 bits per heavy atom. The molecule has 108 valence electrons. The van der Waals surface area contributed by atoms with Gasteiger partial charge in [-0.15, -0.1) is 11.3 Å². The molecular formula is C16H22N2OS. The summed E-state index contributed by atoms with van der Waals surface area (Å²) in [7, 11) is 0. The van der Waals surface area contributed by atoms with Crippen LogP contribution >= 0.6 is 11.3 Å². The van der Waals surface area contributed by atoms with E-state index in [0.29, 0.717) is 17.2 Å². The van der Waals surface area contributed by atoms with Crippen molar-refractivity contribution in [1.29, 1.82) is 0 Å². The predicted molar refractivity (Wildman–Crippen MR) is 80.8 cm³/mol. The van der Waals surface area contributed by atoms with E-state index in [-0.39, 0.29) is 6.04 Å². The summed E-state index contributed by atoms with van der Waals surface area (Å²) in [4.78, 5) is 16.5. The molecule has 1 N–H and O–H groups in total. The third-order valence-corrected chi connectivity index (χ3v) is 6.64. The molecule has 2 atom stereocenters.